The number of nitrogens with zero attached hydrogens (tertiary/aromatic N) is 2. The van der Waals surface area contributed by atoms with Crippen molar-refractivity contribution in [2.45, 2.75) is 44.6 Å². The Balaban J connectivity index is 1.66. The Morgan fingerprint density at radius 2 is 2.05 bits per heavy atom. The molecule has 2 aliphatic rings. The van der Waals surface area contributed by atoms with Gasteiger partial charge in [0.25, 0.3) is 0 Å². The van der Waals surface area contributed by atoms with Crippen molar-refractivity contribution in [3.8, 4) is 0 Å². The van der Waals surface area contributed by atoms with Crippen molar-refractivity contribution < 1.29 is 9.53 Å². The van der Waals surface area contributed by atoms with E-state index in [1.165, 1.54) is 32.2 Å². The molecule has 1 unspecified atom stereocenters. The predicted molar refractivity (Wildman–Crippen MR) is 84.4 cm³/mol. The number of piperidine rings is 1. The van der Waals surface area contributed by atoms with Crippen molar-refractivity contribution in [2.75, 3.05) is 53.0 Å². The van der Waals surface area contributed by atoms with Crippen LogP contribution >= 0.6 is 0 Å². The highest BCUT2D eigenvalue weighted by atomic mass is 16.5. The van der Waals surface area contributed by atoms with Crippen LogP contribution in [0.5, 0.6) is 0 Å². The van der Waals surface area contributed by atoms with E-state index >= 15 is 0 Å². The summed E-state index contributed by atoms with van der Waals surface area (Å²) in [7, 11) is 2.02. The van der Waals surface area contributed by atoms with E-state index in [1.54, 1.807) is 0 Å². The quantitative estimate of drug-likeness (QED) is 0.764. The maximum absolute atomic E-state index is 12.1. The molecule has 122 valence electrons. The summed E-state index contributed by atoms with van der Waals surface area (Å²) >= 11 is 0. The highest BCUT2D eigenvalue weighted by Crippen LogP contribution is 2.20. The van der Waals surface area contributed by atoms with Crippen molar-refractivity contribution in [2.24, 2.45) is 0 Å². The highest BCUT2D eigenvalue weighted by molar-refractivity contribution is 5.76. The number of carbonyl (C=O) groups is 1. The summed E-state index contributed by atoms with van der Waals surface area (Å²) in [6.07, 6.45) is 6.90. The minimum absolute atomic E-state index is 0.307. The number of rotatable bonds is 7. The van der Waals surface area contributed by atoms with Crippen molar-refractivity contribution in [3.63, 3.8) is 0 Å². The first-order chi connectivity index (χ1) is 10.3. The van der Waals surface area contributed by atoms with Gasteiger partial charge in [0.1, 0.15) is 0 Å². The minimum Gasteiger partial charge on any atom is -0.378 e. The Bertz CT molecular complexity index is 306. The van der Waals surface area contributed by atoms with E-state index in [0.717, 1.165) is 32.6 Å². The fraction of sp³-hybridized carbons (Fsp3) is 0.938. The van der Waals surface area contributed by atoms with Gasteiger partial charge in [0.2, 0.25) is 5.91 Å². The smallest absolute Gasteiger partial charge is 0.222 e. The first-order valence-corrected chi connectivity index (χ1v) is 8.55. The monoisotopic (exact) mass is 297 g/mol. The summed E-state index contributed by atoms with van der Waals surface area (Å²) in [6.45, 7) is 6.31. The van der Waals surface area contributed by atoms with E-state index in [2.05, 4.69) is 10.2 Å². The topological polar surface area (TPSA) is 44.8 Å². The van der Waals surface area contributed by atoms with Crippen molar-refractivity contribution >= 4 is 5.91 Å². The molecule has 0 radical (unpaired) electrons. The molecule has 0 aliphatic carbocycles. The maximum atomic E-state index is 12.1. The van der Waals surface area contributed by atoms with Gasteiger partial charge in [-0.15, -0.1) is 0 Å². The van der Waals surface area contributed by atoms with Gasteiger partial charge in [0, 0.05) is 25.6 Å². The third-order valence-corrected chi connectivity index (χ3v) is 4.68. The first-order valence-electron chi connectivity index (χ1n) is 8.55. The lowest BCUT2D eigenvalue weighted by atomic mass is 9.99. The lowest BCUT2D eigenvalue weighted by Gasteiger charge is -2.36. The second-order valence-corrected chi connectivity index (χ2v) is 6.17. The Morgan fingerprint density at radius 3 is 2.81 bits per heavy atom. The van der Waals surface area contributed by atoms with Crippen LogP contribution in [0.15, 0.2) is 0 Å². The second kappa shape index (κ2) is 9.38. The molecular formula is C16H31N3O2. The van der Waals surface area contributed by atoms with E-state index in [1.807, 2.05) is 11.9 Å². The molecule has 0 aromatic carbocycles. The Kier molecular flexibility index (Phi) is 7.47. The zero-order valence-electron chi connectivity index (χ0n) is 13.5. The molecule has 21 heavy (non-hydrogen) atoms. The average Bonchev–Trinajstić information content (AvgIpc) is 2.54. The summed E-state index contributed by atoms with van der Waals surface area (Å²) in [6, 6.07) is 0.713. The SMILES string of the molecule is CNCCC1CCCCN1CCCC(=O)N1CCOCC1. The van der Waals surface area contributed by atoms with Crippen LogP contribution in [0, 0.1) is 0 Å². The molecule has 1 atom stereocenters. The van der Waals surface area contributed by atoms with Gasteiger partial charge in [-0.25, -0.2) is 0 Å². The lowest BCUT2D eigenvalue weighted by Crippen LogP contribution is -2.43. The number of morpholine rings is 1. The molecule has 5 heteroatoms. The zero-order chi connectivity index (χ0) is 14.9. The number of carbonyl (C=O) groups excluding carboxylic acids is 1. The summed E-state index contributed by atoms with van der Waals surface area (Å²) in [5.74, 6) is 0.307. The Labute approximate surface area is 129 Å². The lowest BCUT2D eigenvalue weighted by molar-refractivity contribution is -0.135. The molecule has 2 heterocycles. The van der Waals surface area contributed by atoms with Gasteiger partial charge in [0.15, 0.2) is 0 Å². The molecule has 0 aromatic heterocycles. The number of likely N-dealkylation sites (tertiary alicyclic amines) is 1. The van der Waals surface area contributed by atoms with Crippen LogP contribution in [0.2, 0.25) is 0 Å². The normalized spacial score (nSPS) is 24.2. The Hall–Kier alpha value is -0.650. The van der Waals surface area contributed by atoms with Gasteiger partial charge in [0.05, 0.1) is 13.2 Å². The number of hydrogen-bond acceptors (Lipinski definition) is 4. The van der Waals surface area contributed by atoms with Crippen molar-refractivity contribution in [3.05, 3.63) is 0 Å². The molecule has 2 rings (SSSR count). The van der Waals surface area contributed by atoms with E-state index < -0.39 is 0 Å². The molecule has 1 N–H and O–H groups in total. The largest absolute Gasteiger partial charge is 0.378 e. The van der Waals surface area contributed by atoms with Gasteiger partial charge >= 0.3 is 0 Å². The van der Waals surface area contributed by atoms with Crippen molar-refractivity contribution in [1.29, 1.82) is 0 Å². The van der Waals surface area contributed by atoms with Crippen molar-refractivity contribution in [1.82, 2.24) is 15.1 Å². The van der Waals surface area contributed by atoms with Crippen LogP contribution in [0.25, 0.3) is 0 Å². The van der Waals surface area contributed by atoms with Crippen LogP contribution in [0.4, 0.5) is 0 Å². The third-order valence-electron chi connectivity index (χ3n) is 4.68. The number of nitrogens with one attached hydrogen (secondary N) is 1. The van der Waals surface area contributed by atoms with Gasteiger partial charge in [-0.2, -0.15) is 0 Å². The molecule has 2 aliphatic heterocycles. The minimum atomic E-state index is 0.307. The van der Waals surface area contributed by atoms with Gasteiger partial charge in [-0.05, 0) is 52.4 Å². The van der Waals surface area contributed by atoms with Crippen LogP contribution in [0.3, 0.4) is 0 Å². The summed E-state index contributed by atoms with van der Waals surface area (Å²) in [4.78, 5) is 16.7. The van der Waals surface area contributed by atoms with E-state index in [4.69, 9.17) is 4.74 Å². The van der Waals surface area contributed by atoms with E-state index in [0.29, 0.717) is 31.6 Å². The summed E-state index contributed by atoms with van der Waals surface area (Å²) in [5.41, 5.74) is 0. The molecule has 1 amide bonds. The van der Waals surface area contributed by atoms with E-state index in [9.17, 15) is 4.79 Å². The fourth-order valence-electron chi connectivity index (χ4n) is 3.40. The van der Waals surface area contributed by atoms with Gasteiger partial charge in [-0.1, -0.05) is 6.42 Å². The average molecular weight is 297 g/mol. The van der Waals surface area contributed by atoms with Gasteiger partial charge < -0.3 is 19.9 Å². The highest BCUT2D eigenvalue weighted by Gasteiger charge is 2.22. The standard InChI is InChI=1S/C16H31N3O2/c1-17-8-7-15-5-2-3-9-18(15)10-4-6-16(20)19-11-13-21-14-12-19/h15,17H,2-14H2,1H3. The molecule has 0 aromatic rings. The van der Waals surface area contributed by atoms with E-state index in [-0.39, 0.29) is 0 Å². The number of amides is 1. The first kappa shape index (κ1) is 16.7. The molecule has 2 fully saturated rings. The summed E-state index contributed by atoms with van der Waals surface area (Å²) < 4.78 is 5.29. The molecular weight excluding hydrogens is 266 g/mol. The summed E-state index contributed by atoms with van der Waals surface area (Å²) in [5, 5.41) is 3.25. The second-order valence-electron chi connectivity index (χ2n) is 6.17. The predicted octanol–water partition coefficient (Wildman–Crippen LogP) is 1.09. The van der Waals surface area contributed by atoms with Crippen LogP contribution in [-0.4, -0.2) is 74.7 Å². The van der Waals surface area contributed by atoms with Crippen LogP contribution in [-0.2, 0) is 9.53 Å². The maximum Gasteiger partial charge on any atom is 0.222 e. The Morgan fingerprint density at radius 1 is 1.24 bits per heavy atom. The van der Waals surface area contributed by atoms with Crippen LogP contribution in [0.1, 0.15) is 38.5 Å². The molecule has 2 saturated heterocycles. The molecule has 0 spiro atoms. The third kappa shape index (κ3) is 5.57. The van der Waals surface area contributed by atoms with Gasteiger partial charge in [-0.3, -0.25) is 4.79 Å². The molecule has 5 nitrogen and oxygen atoms in total. The van der Waals surface area contributed by atoms with Crippen LogP contribution < -0.4 is 5.32 Å². The molecule has 0 bridgehead atoms. The molecule has 0 saturated carbocycles. The number of hydrogen-bond donors (Lipinski definition) is 1. The zero-order valence-corrected chi connectivity index (χ0v) is 13.5. The fourth-order valence-corrected chi connectivity index (χ4v) is 3.40. The number of ether oxygens (including phenoxy) is 1.